The number of nitro groups is 1. The van der Waals surface area contributed by atoms with Crippen molar-refractivity contribution in [2.24, 2.45) is 11.3 Å². The first kappa shape index (κ1) is 16.8. The smallest absolute Gasteiger partial charge is 0.275 e. The lowest BCUT2D eigenvalue weighted by molar-refractivity contribution is -0.385. The molecule has 0 radical (unpaired) electrons. The van der Waals surface area contributed by atoms with E-state index in [1.165, 1.54) is 6.07 Å². The summed E-state index contributed by atoms with van der Waals surface area (Å²) >= 11 is 4.28. The van der Waals surface area contributed by atoms with Crippen LogP contribution in [0.5, 0.6) is 5.75 Å². The van der Waals surface area contributed by atoms with Gasteiger partial charge in [-0.1, -0.05) is 20.8 Å². The van der Waals surface area contributed by atoms with E-state index in [1.807, 2.05) is 0 Å². The standard InChI is InChI=1S/C14H20FNO3S/c1-9-5-13(11(15)6-12(9)16(17)18)19-7-10(8-20)14(2,3)4/h5-6,10,20H,7-8H2,1-4H3. The lowest BCUT2D eigenvalue weighted by Crippen LogP contribution is -2.28. The van der Waals surface area contributed by atoms with Crippen LogP contribution < -0.4 is 4.74 Å². The number of hydrogen-bond acceptors (Lipinski definition) is 4. The fourth-order valence-electron chi connectivity index (χ4n) is 1.72. The molecule has 6 heteroatoms. The maximum absolute atomic E-state index is 13.8. The molecule has 0 N–H and O–H groups in total. The quantitative estimate of drug-likeness (QED) is 0.508. The number of nitro benzene ring substituents is 1. The van der Waals surface area contributed by atoms with Crippen LogP contribution in [-0.4, -0.2) is 17.3 Å². The zero-order valence-electron chi connectivity index (χ0n) is 12.1. The molecule has 1 atom stereocenters. The van der Waals surface area contributed by atoms with Crippen molar-refractivity contribution in [3.05, 3.63) is 33.6 Å². The van der Waals surface area contributed by atoms with Crippen molar-refractivity contribution >= 4 is 18.3 Å². The average Bonchev–Trinajstić information content (AvgIpc) is 2.31. The summed E-state index contributed by atoms with van der Waals surface area (Å²) < 4.78 is 19.3. The van der Waals surface area contributed by atoms with E-state index < -0.39 is 10.7 Å². The fraction of sp³-hybridized carbons (Fsp3) is 0.571. The molecule has 0 saturated carbocycles. The van der Waals surface area contributed by atoms with Crippen LogP contribution in [0.2, 0.25) is 0 Å². The van der Waals surface area contributed by atoms with Gasteiger partial charge in [-0.15, -0.1) is 0 Å². The largest absolute Gasteiger partial charge is 0.490 e. The molecule has 4 nitrogen and oxygen atoms in total. The fourth-order valence-corrected chi connectivity index (χ4v) is 2.37. The SMILES string of the molecule is Cc1cc(OCC(CS)C(C)(C)C)c(F)cc1[N+](=O)[O-]. The van der Waals surface area contributed by atoms with E-state index >= 15 is 0 Å². The highest BCUT2D eigenvalue weighted by atomic mass is 32.1. The van der Waals surface area contributed by atoms with E-state index in [2.05, 4.69) is 33.4 Å². The Bertz CT molecular complexity index is 500. The number of thiol groups is 1. The third kappa shape index (κ3) is 4.10. The molecule has 0 aliphatic rings. The van der Waals surface area contributed by atoms with Gasteiger partial charge in [0.2, 0.25) is 0 Å². The molecule has 112 valence electrons. The summed E-state index contributed by atoms with van der Waals surface area (Å²) in [7, 11) is 0. The van der Waals surface area contributed by atoms with Crippen LogP contribution in [0, 0.1) is 34.2 Å². The Balaban J connectivity index is 2.89. The predicted octanol–water partition coefficient (Wildman–Crippen LogP) is 4.01. The minimum Gasteiger partial charge on any atom is -0.490 e. The second-order valence-electron chi connectivity index (χ2n) is 5.88. The highest BCUT2D eigenvalue weighted by Crippen LogP contribution is 2.30. The molecule has 0 spiro atoms. The minimum absolute atomic E-state index is 0.00590. The van der Waals surface area contributed by atoms with Gasteiger partial charge in [0.05, 0.1) is 17.6 Å². The number of halogens is 1. The molecule has 1 unspecified atom stereocenters. The van der Waals surface area contributed by atoms with Crippen LogP contribution in [0.3, 0.4) is 0 Å². The first-order valence-electron chi connectivity index (χ1n) is 6.35. The number of rotatable bonds is 5. The van der Waals surface area contributed by atoms with Gasteiger partial charge in [0.15, 0.2) is 11.6 Å². The number of nitrogens with zero attached hydrogens (tertiary/aromatic N) is 1. The maximum Gasteiger partial charge on any atom is 0.275 e. The molecule has 20 heavy (non-hydrogen) atoms. The van der Waals surface area contributed by atoms with Crippen molar-refractivity contribution in [1.82, 2.24) is 0 Å². The van der Waals surface area contributed by atoms with Crippen LogP contribution in [-0.2, 0) is 0 Å². The van der Waals surface area contributed by atoms with E-state index in [-0.39, 0.29) is 22.8 Å². The molecular formula is C14H20FNO3S. The Morgan fingerprint density at radius 3 is 2.50 bits per heavy atom. The molecule has 0 saturated heterocycles. The van der Waals surface area contributed by atoms with E-state index in [0.717, 1.165) is 6.07 Å². The van der Waals surface area contributed by atoms with Crippen LogP contribution in [0.15, 0.2) is 12.1 Å². The number of hydrogen-bond donors (Lipinski definition) is 1. The van der Waals surface area contributed by atoms with Crippen LogP contribution in [0.1, 0.15) is 26.3 Å². The zero-order chi connectivity index (χ0) is 15.5. The van der Waals surface area contributed by atoms with Crippen molar-refractivity contribution in [3.63, 3.8) is 0 Å². The molecule has 0 aliphatic heterocycles. The molecule has 0 fully saturated rings. The van der Waals surface area contributed by atoms with E-state index in [9.17, 15) is 14.5 Å². The Morgan fingerprint density at radius 1 is 1.45 bits per heavy atom. The van der Waals surface area contributed by atoms with E-state index in [4.69, 9.17) is 4.74 Å². The molecule has 1 rings (SSSR count). The van der Waals surface area contributed by atoms with Gasteiger partial charge in [0.25, 0.3) is 5.69 Å². The van der Waals surface area contributed by atoms with Gasteiger partial charge < -0.3 is 4.74 Å². The highest BCUT2D eigenvalue weighted by molar-refractivity contribution is 7.80. The number of ether oxygens (including phenoxy) is 1. The summed E-state index contributed by atoms with van der Waals surface area (Å²) in [5.41, 5.74) is 0.134. The summed E-state index contributed by atoms with van der Waals surface area (Å²) in [5, 5.41) is 10.7. The summed E-state index contributed by atoms with van der Waals surface area (Å²) in [5.74, 6) is 0.107. The van der Waals surface area contributed by atoms with Crippen molar-refractivity contribution < 1.29 is 14.1 Å². The van der Waals surface area contributed by atoms with Crippen LogP contribution in [0.4, 0.5) is 10.1 Å². The number of aryl methyl sites for hydroxylation is 1. The molecule has 1 aromatic carbocycles. The molecular weight excluding hydrogens is 281 g/mol. The van der Waals surface area contributed by atoms with Crippen LogP contribution in [0.25, 0.3) is 0 Å². The molecule has 0 aromatic heterocycles. The summed E-state index contributed by atoms with van der Waals surface area (Å²) in [4.78, 5) is 10.1. The van der Waals surface area contributed by atoms with Gasteiger partial charge in [-0.3, -0.25) is 10.1 Å². The Kier molecular flexibility index (Phi) is 5.39. The zero-order valence-corrected chi connectivity index (χ0v) is 13.0. The third-order valence-corrected chi connectivity index (χ3v) is 3.77. The molecule has 0 aliphatic carbocycles. The molecule has 0 heterocycles. The number of benzene rings is 1. The van der Waals surface area contributed by atoms with E-state index in [1.54, 1.807) is 6.92 Å². The van der Waals surface area contributed by atoms with Gasteiger partial charge in [-0.25, -0.2) is 4.39 Å². The van der Waals surface area contributed by atoms with Gasteiger partial charge in [0.1, 0.15) is 0 Å². The Hall–Kier alpha value is -1.30. The lowest BCUT2D eigenvalue weighted by Gasteiger charge is -2.29. The van der Waals surface area contributed by atoms with Gasteiger partial charge >= 0.3 is 0 Å². The lowest BCUT2D eigenvalue weighted by atomic mass is 9.82. The molecule has 1 aromatic rings. The van der Waals surface area contributed by atoms with Crippen LogP contribution >= 0.6 is 12.6 Å². The Labute approximate surface area is 123 Å². The second-order valence-corrected chi connectivity index (χ2v) is 6.25. The minimum atomic E-state index is -0.714. The van der Waals surface area contributed by atoms with Gasteiger partial charge in [-0.2, -0.15) is 12.6 Å². The predicted molar refractivity (Wildman–Crippen MR) is 80.1 cm³/mol. The van der Waals surface area contributed by atoms with Gasteiger partial charge in [0, 0.05) is 11.5 Å². The van der Waals surface area contributed by atoms with Crippen molar-refractivity contribution in [2.45, 2.75) is 27.7 Å². The molecule has 0 amide bonds. The summed E-state index contributed by atoms with van der Waals surface area (Å²) in [6.45, 7) is 8.07. The average molecular weight is 301 g/mol. The first-order chi connectivity index (χ1) is 9.16. The van der Waals surface area contributed by atoms with E-state index in [0.29, 0.717) is 17.9 Å². The third-order valence-electron chi connectivity index (χ3n) is 3.33. The van der Waals surface area contributed by atoms with Crippen molar-refractivity contribution in [1.29, 1.82) is 0 Å². The summed E-state index contributed by atoms with van der Waals surface area (Å²) in [6.07, 6.45) is 0. The first-order valence-corrected chi connectivity index (χ1v) is 6.98. The van der Waals surface area contributed by atoms with Crippen molar-refractivity contribution in [3.8, 4) is 5.75 Å². The normalized spacial score (nSPS) is 13.1. The highest BCUT2D eigenvalue weighted by Gasteiger charge is 2.25. The Morgan fingerprint density at radius 2 is 2.05 bits per heavy atom. The molecule has 0 bridgehead atoms. The maximum atomic E-state index is 13.8. The monoisotopic (exact) mass is 301 g/mol. The second kappa shape index (κ2) is 6.43. The topological polar surface area (TPSA) is 52.4 Å². The summed E-state index contributed by atoms with van der Waals surface area (Å²) in [6, 6.07) is 2.27. The van der Waals surface area contributed by atoms with Gasteiger partial charge in [-0.05, 0) is 24.2 Å². The van der Waals surface area contributed by atoms with Crippen molar-refractivity contribution in [2.75, 3.05) is 12.4 Å².